The zero-order valence-electron chi connectivity index (χ0n) is 21.1. The standard InChI is InChI=1S/C24H10Br10Cl10S2/c25-15(35)13(11-7-3-1-4-8-11,16(26,36)20(30,40)23(33,43)19(15,29)39)45-46-14(12-9-5-2-6-10-12)17(27,37)21(31,41)24(34,44)22(32,42)18(14,28)38/h1-10H. The average Bonchev–Trinajstić information content (AvgIpc) is 2.94. The van der Waals surface area contributed by atoms with Gasteiger partial charge in [-0.15, -0.1) is 116 Å². The second kappa shape index (κ2) is 14.3. The maximum Gasteiger partial charge on any atom is 0.162 e. The molecular formula is C24H10Br10Cl10S2. The third-order valence-electron chi connectivity index (χ3n) is 7.58. The molecule has 0 aromatic heterocycles. The SMILES string of the molecule is ClC1(Br)C(Cl)(Br)C(Cl)(Br)C(SSC2(c3ccccc3)C(Cl)(Br)C(Cl)(Br)C(Cl)(Br)C(Cl)(Br)C2(Cl)Br)(c2ccccc2)C(Cl)(Br)C1(Cl)Br. The van der Waals surface area contributed by atoms with Crippen LogP contribution in [-0.4, -0.2) is 37.8 Å². The lowest BCUT2D eigenvalue weighted by molar-refractivity contribution is 0.355. The fourth-order valence-electron chi connectivity index (χ4n) is 4.96. The molecule has 4 rings (SSSR count). The normalized spacial score (nSPS) is 54.4. The summed E-state index contributed by atoms with van der Waals surface area (Å²) in [6.45, 7) is 0. The zero-order valence-corrected chi connectivity index (χ0v) is 46.2. The summed E-state index contributed by atoms with van der Waals surface area (Å²) in [5.74, 6) is 0. The van der Waals surface area contributed by atoms with Gasteiger partial charge in [0, 0.05) is 0 Å². The Hall–Kier alpha value is 6.84. The lowest BCUT2D eigenvalue weighted by Crippen LogP contribution is -2.79. The summed E-state index contributed by atoms with van der Waals surface area (Å²) in [5.41, 5.74) is 1.12. The fourth-order valence-corrected chi connectivity index (χ4v) is 28.0. The van der Waals surface area contributed by atoms with E-state index in [1.165, 1.54) is 0 Å². The van der Waals surface area contributed by atoms with Gasteiger partial charge in [-0.1, -0.05) is 242 Å². The third kappa shape index (κ3) is 5.62. The Bertz CT molecular complexity index is 1320. The highest BCUT2D eigenvalue weighted by molar-refractivity contribution is 9.17. The van der Waals surface area contributed by atoms with Crippen molar-refractivity contribution in [3.63, 3.8) is 0 Å². The highest BCUT2D eigenvalue weighted by atomic mass is 79.9. The summed E-state index contributed by atoms with van der Waals surface area (Å²) in [4.78, 5) is 0. The van der Waals surface area contributed by atoms with Crippen molar-refractivity contribution in [2.75, 3.05) is 0 Å². The van der Waals surface area contributed by atoms with E-state index in [9.17, 15) is 0 Å². The molecule has 0 spiro atoms. The summed E-state index contributed by atoms with van der Waals surface area (Å²) < 4.78 is -21.3. The Morgan fingerprint density at radius 2 is 0.478 bits per heavy atom. The zero-order chi connectivity index (χ0) is 35.6. The Kier molecular flexibility index (Phi) is 14.1. The van der Waals surface area contributed by atoms with Crippen molar-refractivity contribution in [3.05, 3.63) is 71.8 Å². The molecule has 22 heteroatoms. The molecule has 0 nitrogen and oxygen atoms in total. The van der Waals surface area contributed by atoms with Crippen LogP contribution in [0.3, 0.4) is 0 Å². The van der Waals surface area contributed by atoms with Crippen molar-refractivity contribution >= 4 is 297 Å². The number of benzene rings is 2. The summed E-state index contributed by atoms with van der Waals surface area (Å²) in [5, 5.41) is 0. The van der Waals surface area contributed by atoms with Crippen LogP contribution in [0.5, 0.6) is 0 Å². The third-order valence-corrected chi connectivity index (χ3v) is 39.4. The van der Waals surface area contributed by atoms with E-state index in [4.69, 9.17) is 116 Å². The van der Waals surface area contributed by atoms with Gasteiger partial charge in [0.2, 0.25) is 0 Å². The molecular weight excluding hydrogens is 1510 g/mol. The molecule has 0 amide bonds. The van der Waals surface area contributed by atoms with Crippen LogP contribution in [-0.2, 0) is 9.49 Å². The molecule has 2 aliphatic carbocycles. The van der Waals surface area contributed by atoms with Crippen LogP contribution in [0.4, 0.5) is 0 Å². The van der Waals surface area contributed by atoms with Gasteiger partial charge in [0.15, 0.2) is 37.8 Å². The average molecular weight is 1520 g/mol. The molecule has 258 valence electrons. The Labute approximate surface area is 408 Å². The van der Waals surface area contributed by atoms with Crippen molar-refractivity contribution in [3.8, 4) is 0 Å². The van der Waals surface area contributed by atoms with Gasteiger partial charge in [0.1, 0.15) is 9.49 Å². The van der Waals surface area contributed by atoms with Crippen LogP contribution in [0.25, 0.3) is 0 Å². The van der Waals surface area contributed by atoms with E-state index < -0.39 is 47.3 Å². The molecule has 8 unspecified atom stereocenters. The molecule has 2 saturated carbocycles. The van der Waals surface area contributed by atoms with Crippen LogP contribution < -0.4 is 0 Å². The maximum absolute atomic E-state index is 7.63. The van der Waals surface area contributed by atoms with E-state index in [0.29, 0.717) is 11.1 Å². The monoisotopic (exact) mass is 1500 g/mol. The predicted octanol–water partition coefficient (Wildman–Crippen LogP) is 17.5. The summed E-state index contributed by atoms with van der Waals surface area (Å²) in [7, 11) is 2.26. The number of hydrogen-bond acceptors (Lipinski definition) is 2. The number of hydrogen-bond donors (Lipinski definition) is 0. The number of alkyl halides is 20. The van der Waals surface area contributed by atoms with Crippen molar-refractivity contribution in [1.82, 2.24) is 0 Å². The molecule has 2 aromatic carbocycles. The van der Waals surface area contributed by atoms with E-state index in [0.717, 1.165) is 21.6 Å². The molecule has 0 heterocycles. The van der Waals surface area contributed by atoms with Gasteiger partial charge in [-0.2, -0.15) is 0 Å². The van der Waals surface area contributed by atoms with E-state index in [-0.39, 0.29) is 0 Å². The molecule has 2 aliphatic rings. The molecule has 2 aromatic rings. The highest BCUT2D eigenvalue weighted by Crippen LogP contribution is 2.88. The molecule has 2 fully saturated rings. The Morgan fingerprint density at radius 3 is 0.674 bits per heavy atom. The minimum atomic E-state index is -1.81. The van der Waals surface area contributed by atoms with E-state index in [1.807, 2.05) is 60.7 Å². The van der Waals surface area contributed by atoms with Crippen molar-refractivity contribution in [1.29, 1.82) is 0 Å². The smallest absolute Gasteiger partial charge is 0.102 e. The van der Waals surface area contributed by atoms with E-state index in [2.05, 4.69) is 159 Å². The number of halogens is 20. The first-order chi connectivity index (χ1) is 20.4. The van der Waals surface area contributed by atoms with Crippen LogP contribution >= 0.6 is 297 Å². The molecule has 46 heavy (non-hydrogen) atoms. The first-order valence-electron chi connectivity index (χ1n) is 11.7. The van der Waals surface area contributed by atoms with E-state index >= 15 is 0 Å². The summed E-state index contributed by atoms with van der Waals surface area (Å²) >= 11 is 110. The number of rotatable bonds is 5. The van der Waals surface area contributed by atoms with E-state index in [1.54, 1.807) is 0 Å². The fraction of sp³-hybridized carbons (Fsp3) is 0.500. The molecule has 0 bridgehead atoms. The summed E-state index contributed by atoms with van der Waals surface area (Å²) in [6.07, 6.45) is 0. The van der Waals surface area contributed by atoms with Crippen molar-refractivity contribution in [2.45, 2.75) is 47.3 Å². The Balaban J connectivity index is 2.18. The van der Waals surface area contributed by atoms with Crippen LogP contribution in [0.1, 0.15) is 11.1 Å². The van der Waals surface area contributed by atoms with Crippen LogP contribution in [0, 0.1) is 0 Å². The van der Waals surface area contributed by atoms with Gasteiger partial charge in [0.25, 0.3) is 0 Å². The molecule has 0 radical (unpaired) electrons. The van der Waals surface area contributed by atoms with Crippen LogP contribution in [0.2, 0.25) is 0 Å². The minimum absolute atomic E-state index is 0.558. The van der Waals surface area contributed by atoms with Crippen LogP contribution in [0.15, 0.2) is 60.7 Å². The Morgan fingerprint density at radius 1 is 0.304 bits per heavy atom. The van der Waals surface area contributed by atoms with Gasteiger partial charge in [-0.05, 0) is 11.1 Å². The van der Waals surface area contributed by atoms with Gasteiger partial charge in [-0.25, -0.2) is 0 Å². The van der Waals surface area contributed by atoms with Gasteiger partial charge in [0.05, 0.1) is 0 Å². The minimum Gasteiger partial charge on any atom is -0.102 e. The summed E-state index contributed by atoms with van der Waals surface area (Å²) in [6, 6.07) is 18.2. The lowest BCUT2D eigenvalue weighted by atomic mass is 9.80. The topological polar surface area (TPSA) is 0 Å². The second-order valence-corrected chi connectivity index (χ2v) is 34.7. The first kappa shape index (κ1) is 45.5. The largest absolute Gasteiger partial charge is 0.162 e. The van der Waals surface area contributed by atoms with Gasteiger partial charge in [-0.3, -0.25) is 0 Å². The quantitative estimate of drug-likeness (QED) is 0.216. The highest BCUT2D eigenvalue weighted by Gasteiger charge is 2.90. The predicted molar refractivity (Wildman–Crippen MR) is 247 cm³/mol. The van der Waals surface area contributed by atoms with Gasteiger partial charge >= 0.3 is 0 Å². The van der Waals surface area contributed by atoms with Crippen molar-refractivity contribution < 1.29 is 0 Å². The van der Waals surface area contributed by atoms with Gasteiger partial charge < -0.3 is 0 Å². The lowest BCUT2D eigenvalue weighted by Gasteiger charge is -2.68. The van der Waals surface area contributed by atoms with Crippen molar-refractivity contribution in [2.24, 2.45) is 0 Å². The molecule has 8 atom stereocenters. The second-order valence-electron chi connectivity index (χ2n) is 10.0. The first-order valence-corrected chi connectivity index (χ1v) is 25.5. The maximum atomic E-state index is 7.63. The molecule has 0 saturated heterocycles. The molecule has 0 aliphatic heterocycles. The molecule has 0 N–H and O–H groups in total.